The third-order valence-electron chi connectivity index (χ3n) is 3.19. The highest BCUT2D eigenvalue weighted by atomic mass is 16.1. The Morgan fingerprint density at radius 3 is 2.67 bits per heavy atom. The van der Waals surface area contributed by atoms with Crippen LogP contribution in [0.3, 0.4) is 0 Å². The fraction of sp³-hybridized carbons (Fsp3) is 0.222. The van der Waals surface area contributed by atoms with Crippen molar-refractivity contribution in [3.05, 3.63) is 72.1 Å². The van der Waals surface area contributed by atoms with Crippen LogP contribution in [0.15, 0.2) is 60.8 Å². The zero-order valence-corrected chi connectivity index (χ0v) is 12.2. The van der Waals surface area contributed by atoms with E-state index in [1.807, 2.05) is 43.3 Å². The predicted octanol–water partition coefficient (Wildman–Crippen LogP) is 3.23. The maximum absolute atomic E-state index is 11.8. The first kappa shape index (κ1) is 15.0. The number of nitrogens with zero attached hydrogens (tertiary/aromatic N) is 1. The Hall–Kier alpha value is -2.42. The Balaban J connectivity index is 1.76. The quantitative estimate of drug-likeness (QED) is 0.825. The van der Waals surface area contributed by atoms with Gasteiger partial charge in [-0.2, -0.15) is 0 Å². The molecule has 3 heteroatoms. The van der Waals surface area contributed by atoms with Crippen LogP contribution in [0.1, 0.15) is 24.6 Å². The molecule has 1 aromatic carbocycles. The molecular weight excluding hydrogens is 260 g/mol. The highest BCUT2D eigenvalue weighted by molar-refractivity contribution is 5.91. The molecule has 0 spiro atoms. The molecule has 0 radical (unpaired) electrons. The number of nitrogens with one attached hydrogen (secondary N) is 1. The molecule has 3 nitrogen and oxygen atoms in total. The maximum Gasteiger partial charge on any atom is 0.244 e. The topological polar surface area (TPSA) is 42.0 Å². The van der Waals surface area contributed by atoms with Crippen molar-refractivity contribution in [2.75, 3.05) is 0 Å². The Labute approximate surface area is 125 Å². The maximum atomic E-state index is 11.8. The molecule has 1 unspecified atom stereocenters. The Morgan fingerprint density at radius 1 is 1.19 bits per heavy atom. The number of carbonyl (C=O) groups is 1. The van der Waals surface area contributed by atoms with Crippen molar-refractivity contribution >= 4 is 12.0 Å². The van der Waals surface area contributed by atoms with Crippen molar-refractivity contribution in [3.63, 3.8) is 0 Å². The highest BCUT2D eigenvalue weighted by Gasteiger charge is 2.05. The van der Waals surface area contributed by atoms with Crippen LogP contribution in [0.4, 0.5) is 0 Å². The molecule has 21 heavy (non-hydrogen) atoms. The first-order chi connectivity index (χ1) is 10.2. The summed E-state index contributed by atoms with van der Waals surface area (Å²) in [5.74, 6) is -0.0822. The lowest BCUT2D eigenvalue weighted by atomic mass is 10.1. The van der Waals surface area contributed by atoms with Crippen molar-refractivity contribution < 1.29 is 4.79 Å². The standard InChI is InChI=1S/C18H20N2O/c1-15(10-11-16-7-3-2-4-8-16)20-18(21)13-12-17-9-5-6-14-19-17/h2-9,12-15H,10-11H2,1H3,(H,20,21)/b13-12+. The molecule has 1 N–H and O–H groups in total. The van der Waals surface area contributed by atoms with Gasteiger partial charge in [0.15, 0.2) is 0 Å². The average molecular weight is 280 g/mol. The van der Waals surface area contributed by atoms with Crippen LogP contribution in [0, 0.1) is 0 Å². The number of rotatable bonds is 6. The van der Waals surface area contributed by atoms with Crippen molar-refractivity contribution in [2.45, 2.75) is 25.8 Å². The number of aryl methyl sites for hydroxylation is 1. The molecule has 1 atom stereocenters. The number of carbonyl (C=O) groups excluding carboxylic acids is 1. The number of benzene rings is 1. The van der Waals surface area contributed by atoms with Gasteiger partial charge in [-0.25, -0.2) is 0 Å². The van der Waals surface area contributed by atoms with Gasteiger partial charge >= 0.3 is 0 Å². The van der Waals surface area contributed by atoms with Gasteiger partial charge in [-0.15, -0.1) is 0 Å². The molecule has 2 rings (SSSR count). The lowest BCUT2D eigenvalue weighted by Crippen LogP contribution is -2.31. The molecule has 0 saturated carbocycles. The minimum Gasteiger partial charge on any atom is -0.350 e. The molecule has 2 aromatic rings. The average Bonchev–Trinajstić information content (AvgIpc) is 2.53. The second kappa shape index (κ2) is 8.00. The molecule has 0 aliphatic rings. The molecule has 1 heterocycles. The zero-order chi connectivity index (χ0) is 14.9. The Morgan fingerprint density at radius 2 is 1.95 bits per heavy atom. The fourth-order valence-electron chi connectivity index (χ4n) is 2.03. The smallest absolute Gasteiger partial charge is 0.244 e. The largest absolute Gasteiger partial charge is 0.350 e. The van der Waals surface area contributed by atoms with Gasteiger partial charge in [0.1, 0.15) is 0 Å². The zero-order valence-electron chi connectivity index (χ0n) is 12.2. The van der Waals surface area contributed by atoms with Crippen LogP contribution in [0.25, 0.3) is 6.08 Å². The van der Waals surface area contributed by atoms with E-state index in [9.17, 15) is 4.79 Å². The number of amides is 1. The van der Waals surface area contributed by atoms with E-state index in [2.05, 4.69) is 22.4 Å². The van der Waals surface area contributed by atoms with E-state index in [1.54, 1.807) is 12.3 Å². The van der Waals surface area contributed by atoms with E-state index in [-0.39, 0.29) is 11.9 Å². The van der Waals surface area contributed by atoms with Crippen molar-refractivity contribution in [1.82, 2.24) is 10.3 Å². The number of hydrogen-bond donors (Lipinski definition) is 1. The first-order valence-electron chi connectivity index (χ1n) is 7.17. The fourth-order valence-corrected chi connectivity index (χ4v) is 2.03. The van der Waals surface area contributed by atoms with E-state index in [0.717, 1.165) is 18.5 Å². The van der Waals surface area contributed by atoms with Gasteiger partial charge in [0.25, 0.3) is 0 Å². The van der Waals surface area contributed by atoms with Crippen LogP contribution >= 0.6 is 0 Å². The lowest BCUT2D eigenvalue weighted by Gasteiger charge is -2.12. The Kier molecular flexibility index (Phi) is 5.71. The molecule has 0 fully saturated rings. The molecule has 0 saturated heterocycles. The predicted molar refractivity (Wildman–Crippen MR) is 85.6 cm³/mol. The van der Waals surface area contributed by atoms with Crippen LogP contribution in [0.5, 0.6) is 0 Å². The lowest BCUT2D eigenvalue weighted by molar-refractivity contribution is -0.117. The van der Waals surface area contributed by atoms with Crippen molar-refractivity contribution in [1.29, 1.82) is 0 Å². The number of pyridine rings is 1. The van der Waals surface area contributed by atoms with Gasteiger partial charge in [0, 0.05) is 18.3 Å². The number of hydrogen-bond acceptors (Lipinski definition) is 2. The van der Waals surface area contributed by atoms with Crippen LogP contribution in [-0.2, 0) is 11.2 Å². The van der Waals surface area contributed by atoms with Crippen molar-refractivity contribution in [3.8, 4) is 0 Å². The van der Waals surface area contributed by atoms with E-state index < -0.39 is 0 Å². The normalized spacial score (nSPS) is 12.2. The van der Waals surface area contributed by atoms with E-state index >= 15 is 0 Å². The second-order valence-corrected chi connectivity index (χ2v) is 5.02. The van der Waals surface area contributed by atoms with E-state index in [0.29, 0.717) is 0 Å². The third-order valence-corrected chi connectivity index (χ3v) is 3.19. The number of aromatic nitrogens is 1. The summed E-state index contributed by atoms with van der Waals surface area (Å²) < 4.78 is 0. The van der Waals surface area contributed by atoms with Crippen molar-refractivity contribution in [2.24, 2.45) is 0 Å². The summed E-state index contributed by atoms with van der Waals surface area (Å²) in [5, 5.41) is 2.97. The summed E-state index contributed by atoms with van der Waals surface area (Å²) in [6.07, 6.45) is 6.85. The molecule has 0 bridgehead atoms. The molecule has 0 aliphatic carbocycles. The highest BCUT2D eigenvalue weighted by Crippen LogP contribution is 2.05. The van der Waals surface area contributed by atoms with Gasteiger partial charge in [-0.1, -0.05) is 36.4 Å². The molecule has 108 valence electrons. The van der Waals surface area contributed by atoms with Crippen LogP contribution in [-0.4, -0.2) is 16.9 Å². The SMILES string of the molecule is CC(CCc1ccccc1)NC(=O)/C=C/c1ccccn1. The molecule has 0 aliphatic heterocycles. The van der Waals surface area contributed by atoms with E-state index in [1.165, 1.54) is 11.6 Å². The summed E-state index contributed by atoms with van der Waals surface area (Å²) in [5.41, 5.74) is 2.08. The van der Waals surface area contributed by atoms with Gasteiger partial charge in [0.05, 0.1) is 5.69 Å². The minimum absolute atomic E-state index is 0.0822. The minimum atomic E-state index is -0.0822. The van der Waals surface area contributed by atoms with E-state index in [4.69, 9.17) is 0 Å². The molecule has 1 aromatic heterocycles. The first-order valence-corrected chi connectivity index (χ1v) is 7.17. The van der Waals surface area contributed by atoms with Gasteiger partial charge in [0.2, 0.25) is 5.91 Å². The summed E-state index contributed by atoms with van der Waals surface area (Å²) in [6.45, 7) is 2.02. The molecular formula is C18H20N2O. The van der Waals surface area contributed by atoms with Gasteiger partial charge in [-0.3, -0.25) is 9.78 Å². The summed E-state index contributed by atoms with van der Waals surface area (Å²) in [6, 6.07) is 16.1. The second-order valence-electron chi connectivity index (χ2n) is 5.02. The van der Waals surface area contributed by atoms with Gasteiger partial charge < -0.3 is 5.32 Å². The summed E-state index contributed by atoms with van der Waals surface area (Å²) in [7, 11) is 0. The van der Waals surface area contributed by atoms with Crippen LogP contribution < -0.4 is 5.32 Å². The summed E-state index contributed by atoms with van der Waals surface area (Å²) in [4.78, 5) is 16.0. The molecule has 1 amide bonds. The Bertz CT molecular complexity index is 579. The van der Waals surface area contributed by atoms with Gasteiger partial charge in [-0.05, 0) is 43.5 Å². The summed E-state index contributed by atoms with van der Waals surface area (Å²) >= 11 is 0. The van der Waals surface area contributed by atoms with Crippen LogP contribution in [0.2, 0.25) is 0 Å². The third kappa shape index (κ3) is 5.61. The monoisotopic (exact) mass is 280 g/mol.